The molecule has 68 heavy (non-hydrogen) atoms. The number of methoxy groups -OCH3 is 4. The molecule has 0 radical (unpaired) electrons. The lowest BCUT2D eigenvalue weighted by Gasteiger charge is -2.37. The van der Waals surface area contributed by atoms with Crippen molar-refractivity contribution in [3.63, 3.8) is 0 Å². The number of hydrogen-bond donors (Lipinski definition) is 1. The number of para-hydroxylation sites is 2. The van der Waals surface area contributed by atoms with Crippen LogP contribution < -0.4 is 33.6 Å². The first-order chi connectivity index (χ1) is 33.1. The molecule has 8 aromatic carbocycles. The first-order valence-electron chi connectivity index (χ1n) is 22.1. The molecule has 1 atom stereocenters. The molecule has 0 fully saturated rings. The van der Waals surface area contributed by atoms with Gasteiger partial charge in [0.25, 0.3) is 10.1 Å². The average molecular weight is 942 g/mol. The summed E-state index contributed by atoms with van der Waals surface area (Å²) in [7, 11) is 2.35. The smallest absolute Gasteiger partial charge is 0.267 e. The minimum absolute atomic E-state index is 0.195. The Morgan fingerprint density at radius 1 is 0.471 bits per heavy atom. The van der Waals surface area contributed by atoms with Crippen molar-refractivity contribution in [1.29, 1.82) is 0 Å². The summed E-state index contributed by atoms with van der Waals surface area (Å²) in [5, 5.41) is -0.981. The Morgan fingerprint density at radius 2 is 0.765 bits per heavy atom. The van der Waals surface area contributed by atoms with Gasteiger partial charge in [0.1, 0.15) is 23.0 Å². The molecular weight excluding hydrogens is 891 g/mol. The summed E-state index contributed by atoms with van der Waals surface area (Å²) in [6, 6.07) is 61.5. The van der Waals surface area contributed by atoms with Crippen LogP contribution in [0.1, 0.15) is 13.3 Å². The fourth-order valence-corrected chi connectivity index (χ4v) is 10.1. The van der Waals surface area contributed by atoms with Crippen LogP contribution in [0.25, 0.3) is 22.3 Å². The second-order valence-corrected chi connectivity index (χ2v) is 19.1. The highest BCUT2D eigenvalue weighted by Crippen LogP contribution is 2.55. The van der Waals surface area contributed by atoms with Gasteiger partial charge in [-0.25, -0.2) is 0 Å². The maximum Gasteiger partial charge on any atom is 0.267 e. The molecule has 1 aliphatic rings. The zero-order valence-corrected chi connectivity index (χ0v) is 40.0. The molecule has 1 unspecified atom stereocenters. The number of nitrogens with zero attached hydrogens (tertiary/aromatic N) is 3. The van der Waals surface area contributed by atoms with Crippen molar-refractivity contribution in [3.8, 4) is 45.3 Å². The van der Waals surface area contributed by atoms with E-state index in [0.29, 0.717) is 6.54 Å². The minimum Gasteiger partial charge on any atom is -0.497 e. The number of rotatable bonds is 16. The Bertz CT molecular complexity index is 2830. The monoisotopic (exact) mass is 941 g/mol. The third-order valence-corrected chi connectivity index (χ3v) is 14.6. The van der Waals surface area contributed by atoms with Crippen LogP contribution >= 0.6 is 11.8 Å². The van der Waals surface area contributed by atoms with Gasteiger partial charge in [0.2, 0.25) is 0 Å². The van der Waals surface area contributed by atoms with Gasteiger partial charge in [-0.2, -0.15) is 8.42 Å². The van der Waals surface area contributed by atoms with E-state index in [9.17, 15) is 13.0 Å². The van der Waals surface area contributed by atoms with E-state index in [0.717, 1.165) is 101 Å². The van der Waals surface area contributed by atoms with Gasteiger partial charge < -0.3 is 33.6 Å². The molecule has 12 heteroatoms. The molecule has 0 spiro atoms. The number of anilines is 8. The summed E-state index contributed by atoms with van der Waals surface area (Å²) in [6.45, 7) is 1.89. The maximum atomic E-state index is 12.5. The van der Waals surface area contributed by atoms with Crippen LogP contribution in [0, 0.1) is 0 Å². The van der Waals surface area contributed by atoms with Crippen molar-refractivity contribution in [2.24, 2.45) is 0 Å². The third-order valence-electron chi connectivity index (χ3n) is 12.2. The molecule has 10 nitrogen and oxygen atoms in total. The van der Waals surface area contributed by atoms with Crippen molar-refractivity contribution in [3.05, 3.63) is 182 Å². The van der Waals surface area contributed by atoms with E-state index < -0.39 is 15.4 Å². The van der Waals surface area contributed by atoms with Gasteiger partial charge >= 0.3 is 0 Å². The summed E-state index contributed by atoms with van der Waals surface area (Å²) in [6.07, 6.45) is 0.195. The van der Waals surface area contributed by atoms with Crippen molar-refractivity contribution in [2.75, 3.05) is 49.7 Å². The Morgan fingerprint density at radius 3 is 1.04 bits per heavy atom. The molecule has 1 aliphatic heterocycles. The van der Waals surface area contributed by atoms with Crippen LogP contribution in [-0.4, -0.2) is 53.2 Å². The van der Waals surface area contributed by atoms with Gasteiger partial charge in [0.15, 0.2) is 0 Å². The van der Waals surface area contributed by atoms with E-state index in [2.05, 4.69) is 99.6 Å². The largest absolute Gasteiger partial charge is 0.497 e. The first kappa shape index (κ1) is 45.8. The van der Waals surface area contributed by atoms with Crippen molar-refractivity contribution >= 4 is 67.4 Å². The highest BCUT2D eigenvalue weighted by Gasteiger charge is 2.31. The van der Waals surface area contributed by atoms with Gasteiger partial charge in [-0.05, 0) is 158 Å². The van der Waals surface area contributed by atoms with E-state index >= 15 is 0 Å². The molecule has 344 valence electrons. The quantitative estimate of drug-likeness (QED) is 0.0937. The third kappa shape index (κ3) is 9.44. The van der Waals surface area contributed by atoms with Crippen molar-refractivity contribution in [1.82, 2.24) is 0 Å². The average Bonchev–Trinajstić information content (AvgIpc) is 3.38. The van der Waals surface area contributed by atoms with Crippen molar-refractivity contribution in [2.45, 2.75) is 28.4 Å². The maximum absolute atomic E-state index is 12.5. The van der Waals surface area contributed by atoms with Crippen LogP contribution in [0.2, 0.25) is 0 Å². The zero-order valence-electron chi connectivity index (χ0n) is 38.4. The van der Waals surface area contributed by atoms with E-state index in [1.807, 2.05) is 97.1 Å². The highest BCUT2D eigenvalue weighted by molar-refractivity contribution is 7.99. The van der Waals surface area contributed by atoms with Crippen molar-refractivity contribution < 1.29 is 31.9 Å². The summed E-state index contributed by atoms with van der Waals surface area (Å²) in [5.41, 5.74) is 11.7. The van der Waals surface area contributed by atoms with E-state index in [4.69, 9.17) is 18.9 Å². The van der Waals surface area contributed by atoms with Crippen LogP contribution in [0.4, 0.5) is 45.5 Å². The van der Waals surface area contributed by atoms with Crippen LogP contribution in [0.3, 0.4) is 0 Å². The lowest BCUT2D eigenvalue weighted by Crippen LogP contribution is -2.28. The SMILES string of the molecule is COc1ccc(N(c2ccc(OC)cc2)c2ccc(-c3cccc4c3N(CCC(C)S(=O)(=O)O)c3c(cccc3-c3ccc(N(c5ccc(OC)cc5)c5ccc(OC)cc5)cc3)S4)cc2)cc1. The highest BCUT2D eigenvalue weighted by atomic mass is 32.2. The van der Waals surface area contributed by atoms with Crippen LogP contribution in [-0.2, 0) is 10.1 Å². The molecule has 8 aromatic rings. The lowest BCUT2D eigenvalue weighted by molar-refractivity contribution is 0.414. The topological polar surface area (TPSA) is 101 Å². The van der Waals surface area contributed by atoms with Gasteiger partial charge in [-0.3, -0.25) is 4.55 Å². The Hall–Kier alpha value is -7.38. The molecule has 0 amide bonds. The molecule has 0 bridgehead atoms. The number of ether oxygens (including phenoxy) is 4. The normalized spacial score (nSPS) is 12.4. The van der Waals surface area contributed by atoms with E-state index in [1.54, 1.807) is 47.1 Å². The predicted octanol–water partition coefficient (Wildman–Crippen LogP) is 14.3. The van der Waals surface area contributed by atoms with Gasteiger partial charge in [0, 0.05) is 61.6 Å². The fourth-order valence-electron chi connectivity index (χ4n) is 8.55. The number of hydrogen-bond acceptors (Lipinski definition) is 10. The van der Waals surface area contributed by atoms with Crippen LogP contribution in [0.5, 0.6) is 23.0 Å². The summed E-state index contributed by atoms with van der Waals surface area (Å²) in [5.74, 6) is 3.07. The molecule has 9 rings (SSSR count). The zero-order chi connectivity index (χ0) is 47.4. The molecule has 1 heterocycles. The summed E-state index contributed by atoms with van der Waals surface area (Å²) in [4.78, 5) is 8.70. The second kappa shape index (κ2) is 19.8. The number of benzene rings is 8. The molecule has 0 aliphatic carbocycles. The minimum atomic E-state index is -4.29. The predicted molar refractivity (Wildman–Crippen MR) is 276 cm³/mol. The Kier molecular flexibility index (Phi) is 13.4. The lowest BCUT2D eigenvalue weighted by atomic mass is 9.98. The summed E-state index contributed by atoms with van der Waals surface area (Å²) >= 11 is 1.69. The van der Waals surface area contributed by atoms with Gasteiger partial charge in [-0.1, -0.05) is 60.3 Å². The number of fused-ring (bicyclic) bond motifs is 2. The molecule has 0 saturated carbocycles. The molecule has 0 saturated heterocycles. The first-order valence-corrected chi connectivity index (χ1v) is 24.4. The molecule has 1 N–H and O–H groups in total. The van der Waals surface area contributed by atoms with E-state index in [-0.39, 0.29) is 6.42 Å². The Labute approximate surface area is 402 Å². The van der Waals surface area contributed by atoms with Gasteiger partial charge in [-0.15, -0.1) is 0 Å². The molecular formula is C56H51N3O7S2. The second-order valence-electron chi connectivity index (χ2n) is 16.2. The summed E-state index contributed by atoms with van der Waals surface area (Å²) < 4.78 is 57.0. The van der Waals surface area contributed by atoms with Gasteiger partial charge in [0.05, 0.1) is 45.1 Å². The standard InChI is InChI=1S/C56H51N3O7S2/c1-38(68(60,61)62)36-37-57-55-51(39-12-16-41(17-13-39)58(43-20-28-47(63-2)29-21-43)44-22-30-48(64-3)31-23-44)8-6-10-53(55)67-54-11-7-9-52(56(54)57)40-14-18-42(19-15-40)59(45-24-32-49(65-4)33-25-45)46-26-34-50(66-5)35-27-46/h6-35,38H,36-37H2,1-5H3,(H,60,61,62). The van der Waals surface area contributed by atoms with Crippen LogP contribution in [0.15, 0.2) is 192 Å². The Balaban J connectivity index is 1.12. The molecule has 0 aromatic heterocycles. The van der Waals surface area contributed by atoms with E-state index in [1.165, 1.54) is 0 Å². The fraction of sp³-hybridized carbons (Fsp3) is 0.143.